The standard InChI is InChI=1S/C26H30F2N2/c1-4-20-7-9-23(16-25(20)27)22-10-8-21(24(15-22)17-29)6-5-19-11-13-30(14-12-19)18-26(2,3)28/h4,7-10,15-16,19H,1,5-6,11-14,18H2,2-3H3. The van der Waals surface area contributed by atoms with Crippen molar-refractivity contribution >= 4 is 6.08 Å². The first-order valence-corrected chi connectivity index (χ1v) is 10.7. The Morgan fingerprint density at radius 3 is 2.43 bits per heavy atom. The van der Waals surface area contributed by atoms with Crippen molar-refractivity contribution in [3.63, 3.8) is 0 Å². The molecule has 0 atom stereocenters. The van der Waals surface area contributed by atoms with Crippen molar-refractivity contribution in [1.82, 2.24) is 4.90 Å². The van der Waals surface area contributed by atoms with Crippen LogP contribution in [0.25, 0.3) is 17.2 Å². The summed E-state index contributed by atoms with van der Waals surface area (Å²) in [6.45, 7) is 9.25. The van der Waals surface area contributed by atoms with Crippen LogP contribution in [-0.2, 0) is 6.42 Å². The first-order valence-electron chi connectivity index (χ1n) is 10.7. The van der Waals surface area contributed by atoms with E-state index >= 15 is 0 Å². The number of alkyl halides is 1. The van der Waals surface area contributed by atoms with Gasteiger partial charge in [-0.1, -0.05) is 36.9 Å². The fraction of sp³-hybridized carbons (Fsp3) is 0.423. The molecule has 2 aromatic rings. The van der Waals surface area contributed by atoms with Gasteiger partial charge in [0.05, 0.1) is 11.6 Å². The smallest absolute Gasteiger partial charge is 0.131 e. The second-order valence-corrected chi connectivity index (χ2v) is 8.90. The van der Waals surface area contributed by atoms with Gasteiger partial charge in [0.15, 0.2) is 0 Å². The minimum Gasteiger partial charge on any atom is -0.300 e. The molecule has 1 saturated heterocycles. The van der Waals surface area contributed by atoms with Crippen molar-refractivity contribution in [1.29, 1.82) is 5.26 Å². The Balaban J connectivity index is 1.62. The lowest BCUT2D eigenvalue weighted by atomic mass is 9.88. The monoisotopic (exact) mass is 408 g/mol. The Bertz CT molecular complexity index is 929. The molecule has 0 aliphatic carbocycles. The fourth-order valence-electron chi connectivity index (χ4n) is 4.27. The molecule has 158 valence electrons. The van der Waals surface area contributed by atoms with Gasteiger partial charge in [-0.2, -0.15) is 5.26 Å². The highest BCUT2D eigenvalue weighted by Gasteiger charge is 2.25. The minimum atomic E-state index is -1.15. The zero-order valence-corrected chi connectivity index (χ0v) is 17.9. The third kappa shape index (κ3) is 5.77. The van der Waals surface area contributed by atoms with Crippen LogP contribution in [0.3, 0.4) is 0 Å². The van der Waals surface area contributed by atoms with Crippen LogP contribution < -0.4 is 0 Å². The molecule has 4 heteroatoms. The summed E-state index contributed by atoms with van der Waals surface area (Å²) in [4.78, 5) is 2.21. The summed E-state index contributed by atoms with van der Waals surface area (Å²) >= 11 is 0. The first kappa shape index (κ1) is 22.2. The van der Waals surface area contributed by atoms with Gasteiger partial charge in [-0.25, -0.2) is 8.78 Å². The molecule has 0 unspecified atom stereocenters. The van der Waals surface area contributed by atoms with E-state index in [1.165, 1.54) is 12.1 Å². The average Bonchev–Trinajstić information content (AvgIpc) is 2.72. The molecule has 2 aromatic carbocycles. The lowest BCUT2D eigenvalue weighted by Crippen LogP contribution is -2.41. The summed E-state index contributed by atoms with van der Waals surface area (Å²) in [6, 6.07) is 13.1. The van der Waals surface area contributed by atoms with Crippen molar-refractivity contribution in [2.75, 3.05) is 19.6 Å². The van der Waals surface area contributed by atoms with Crippen LogP contribution in [0.2, 0.25) is 0 Å². The zero-order chi connectivity index (χ0) is 21.7. The predicted octanol–water partition coefficient (Wildman–Crippen LogP) is 6.40. The highest BCUT2D eigenvalue weighted by molar-refractivity contribution is 5.68. The molecule has 0 radical (unpaired) electrons. The number of piperidine rings is 1. The van der Waals surface area contributed by atoms with Crippen LogP contribution in [0.5, 0.6) is 0 Å². The van der Waals surface area contributed by atoms with Crippen LogP contribution in [0, 0.1) is 23.1 Å². The van der Waals surface area contributed by atoms with Crippen molar-refractivity contribution in [2.45, 2.75) is 45.2 Å². The van der Waals surface area contributed by atoms with Gasteiger partial charge in [0.2, 0.25) is 0 Å². The lowest BCUT2D eigenvalue weighted by molar-refractivity contribution is 0.0943. The number of halogens is 2. The second-order valence-electron chi connectivity index (χ2n) is 8.90. The molecule has 1 fully saturated rings. The molecule has 0 saturated carbocycles. The van der Waals surface area contributed by atoms with Gasteiger partial charge >= 0.3 is 0 Å². The third-order valence-electron chi connectivity index (χ3n) is 5.91. The normalized spacial score (nSPS) is 15.7. The Morgan fingerprint density at radius 2 is 1.83 bits per heavy atom. The van der Waals surface area contributed by atoms with Crippen LogP contribution in [0.4, 0.5) is 8.78 Å². The Labute approximate surface area is 178 Å². The molecule has 1 heterocycles. The van der Waals surface area contributed by atoms with E-state index in [0.29, 0.717) is 23.6 Å². The van der Waals surface area contributed by atoms with Gasteiger partial charge in [-0.3, -0.25) is 0 Å². The van der Waals surface area contributed by atoms with Crippen LogP contribution in [-0.4, -0.2) is 30.2 Å². The Kier molecular flexibility index (Phi) is 7.05. The quantitative estimate of drug-likeness (QED) is 0.530. The van der Waals surface area contributed by atoms with E-state index in [-0.39, 0.29) is 5.82 Å². The van der Waals surface area contributed by atoms with E-state index in [1.54, 1.807) is 19.9 Å². The van der Waals surface area contributed by atoms with Gasteiger partial charge in [0.25, 0.3) is 0 Å². The molecule has 1 aliphatic heterocycles. The summed E-state index contributed by atoms with van der Waals surface area (Å²) < 4.78 is 27.9. The van der Waals surface area contributed by atoms with Gasteiger partial charge < -0.3 is 4.90 Å². The molecule has 0 spiro atoms. The molecular formula is C26H30F2N2. The summed E-state index contributed by atoms with van der Waals surface area (Å²) in [7, 11) is 0. The van der Waals surface area contributed by atoms with Gasteiger partial charge in [0.1, 0.15) is 11.5 Å². The van der Waals surface area contributed by atoms with Gasteiger partial charge in [-0.15, -0.1) is 0 Å². The zero-order valence-electron chi connectivity index (χ0n) is 17.9. The topological polar surface area (TPSA) is 27.0 Å². The van der Waals surface area contributed by atoms with E-state index in [0.717, 1.165) is 55.5 Å². The number of aryl methyl sites for hydroxylation is 1. The first-order chi connectivity index (χ1) is 14.3. The predicted molar refractivity (Wildman–Crippen MR) is 119 cm³/mol. The van der Waals surface area contributed by atoms with Gasteiger partial charge in [0, 0.05) is 12.1 Å². The summed E-state index contributed by atoms with van der Waals surface area (Å²) in [5.74, 6) is 0.295. The Hall–Kier alpha value is -2.51. The number of nitrogens with zero attached hydrogens (tertiary/aromatic N) is 2. The molecule has 3 rings (SSSR count). The number of benzene rings is 2. The number of hydrogen-bond acceptors (Lipinski definition) is 2. The maximum absolute atomic E-state index is 14.1. The SMILES string of the molecule is C=Cc1ccc(-c2ccc(CCC3CCN(CC(C)(C)F)CC3)c(C#N)c2)cc1F. The molecule has 0 amide bonds. The van der Waals surface area contributed by atoms with E-state index in [2.05, 4.69) is 17.5 Å². The summed E-state index contributed by atoms with van der Waals surface area (Å²) in [5, 5.41) is 9.63. The molecular weight excluding hydrogens is 378 g/mol. The molecule has 30 heavy (non-hydrogen) atoms. The van der Waals surface area contributed by atoms with E-state index in [1.807, 2.05) is 24.3 Å². The number of likely N-dealkylation sites (tertiary alicyclic amines) is 1. The van der Waals surface area contributed by atoms with Crippen molar-refractivity contribution in [3.05, 3.63) is 65.5 Å². The number of nitriles is 1. The molecule has 0 bridgehead atoms. The van der Waals surface area contributed by atoms with Crippen molar-refractivity contribution < 1.29 is 8.78 Å². The number of rotatable bonds is 7. The van der Waals surface area contributed by atoms with Crippen LogP contribution in [0.1, 0.15) is 49.8 Å². The van der Waals surface area contributed by atoms with Crippen LogP contribution >= 0.6 is 0 Å². The largest absolute Gasteiger partial charge is 0.300 e. The maximum atomic E-state index is 14.1. The van der Waals surface area contributed by atoms with Crippen LogP contribution in [0.15, 0.2) is 43.0 Å². The molecule has 2 nitrogen and oxygen atoms in total. The Morgan fingerprint density at radius 1 is 1.17 bits per heavy atom. The fourth-order valence-corrected chi connectivity index (χ4v) is 4.27. The van der Waals surface area contributed by atoms with Crippen molar-refractivity contribution in [3.8, 4) is 17.2 Å². The molecule has 1 aliphatic rings. The van der Waals surface area contributed by atoms with Crippen molar-refractivity contribution in [2.24, 2.45) is 5.92 Å². The lowest BCUT2D eigenvalue weighted by Gasteiger charge is -2.34. The second kappa shape index (κ2) is 9.53. The summed E-state index contributed by atoms with van der Waals surface area (Å²) in [5.41, 5.74) is 2.60. The van der Waals surface area contributed by atoms with E-state index in [4.69, 9.17) is 0 Å². The van der Waals surface area contributed by atoms with Gasteiger partial charge in [-0.05, 0) is 87.4 Å². The highest BCUT2D eigenvalue weighted by Crippen LogP contribution is 2.28. The number of hydrogen-bond donors (Lipinski definition) is 0. The molecule has 0 N–H and O–H groups in total. The minimum absolute atomic E-state index is 0.312. The van der Waals surface area contributed by atoms with E-state index in [9.17, 15) is 14.0 Å². The maximum Gasteiger partial charge on any atom is 0.131 e. The third-order valence-corrected chi connectivity index (χ3v) is 5.91. The van der Waals surface area contributed by atoms with E-state index < -0.39 is 5.67 Å². The average molecular weight is 409 g/mol. The molecule has 0 aromatic heterocycles. The highest BCUT2D eigenvalue weighted by atomic mass is 19.1. The summed E-state index contributed by atoms with van der Waals surface area (Å²) in [6.07, 6.45) is 5.53.